The number of hydrogen-bond acceptors (Lipinski definition) is 5. The van der Waals surface area contributed by atoms with Gasteiger partial charge >= 0.3 is 12.1 Å². The number of hydrogen-bond donors (Lipinski definition) is 1. The van der Waals surface area contributed by atoms with Crippen LogP contribution in [-0.2, 0) is 19.6 Å². The van der Waals surface area contributed by atoms with Crippen LogP contribution in [0.4, 0.5) is 4.79 Å². The van der Waals surface area contributed by atoms with E-state index in [1.807, 2.05) is 0 Å². The predicted molar refractivity (Wildman–Crippen MR) is 73.2 cm³/mol. The van der Waals surface area contributed by atoms with E-state index in [-0.39, 0.29) is 26.2 Å². The van der Waals surface area contributed by atoms with E-state index in [4.69, 9.17) is 5.11 Å². The summed E-state index contributed by atoms with van der Waals surface area (Å²) in [6.07, 6.45) is 0.928. The van der Waals surface area contributed by atoms with Crippen LogP contribution in [0.2, 0.25) is 0 Å². The smallest absolute Gasteiger partial charge is 0.409 e. The number of piperazine rings is 1. The van der Waals surface area contributed by atoms with E-state index in [1.165, 1.54) is 16.3 Å². The van der Waals surface area contributed by atoms with Gasteiger partial charge in [-0.05, 0) is 12.8 Å². The lowest BCUT2D eigenvalue weighted by atomic mass is 10.1. The molecule has 1 heterocycles. The maximum absolute atomic E-state index is 12.6. The number of carbonyl (C=O) groups excluding carboxylic acids is 1. The van der Waals surface area contributed by atoms with Gasteiger partial charge in [-0.3, -0.25) is 4.79 Å². The van der Waals surface area contributed by atoms with Gasteiger partial charge in [0.1, 0.15) is 0 Å². The fraction of sp³-hybridized carbons (Fsp3) is 0.833. The van der Waals surface area contributed by atoms with Crippen LogP contribution >= 0.6 is 0 Å². The Morgan fingerprint density at radius 2 is 1.76 bits per heavy atom. The minimum atomic E-state index is -3.64. The lowest BCUT2D eigenvalue weighted by molar-refractivity contribution is -0.141. The molecule has 2 fully saturated rings. The van der Waals surface area contributed by atoms with Crippen LogP contribution in [0.5, 0.6) is 0 Å². The van der Waals surface area contributed by atoms with E-state index in [1.54, 1.807) is 0 Å². The number of aliphatic carboxylic acids is 1. The van der Waals surface area contributed by atoms with Crippen LogP contribution < -0.4 is 0 Å². The molecule has 0 spiro atoms. The van der Waals surface area contributed by atoms with Crippen LogP contribution in [0, 0.1) is 5.92 Å². The second-order valence-electron chi connectivity index (χ2n) is 5.32. The zero-order valence-electron chi connectivity index (χ0n) is 11.9. The van der Waals surface area contributed by atoms with Crippen LogP contribution in [0.15, 0.2) is 0 Å². The van der Waals surface area contributed by atoms with Crippen molar-refractivity contribution in [3.63, 3.8) is 0 Å². The SMILES string of the molecule is COC(=O)N1CCN(S(=O)(=O)C2CCCC2C(=O)O)CC1. The summed E-state index contributed by atoms with van der Waals surface area (Å²) < 4.78 is 31.1. The van der Waals surface area contributed by atoms with Crippen LogP contribution in [0.3, 0.4) is 0 Å². The van der Waals surface area contributed by atoms with Gasteiger partial charge in [-0.15, -0.1) is 0 Å². The van der Waals surface area contributed by atoms with E-state index in [2.05, 4.69) is 4.74 Å². The van der Waals surface area contributed by atoms with Gasteiger partial charge in [0.25, 0.3) is 0 Å². The minimum Gasteiger partial charge on any atom is -0.481 e. The van der Waals surface area contributed by atoms with Gasteiger partial charge in [0.15, 0.2) is 0 Å². The maximum Gasteiger partial charge on any atom is 0.409 e. The molecule has 0 radical (unpaired) electrons. The molecule has 2 rings (SSSR count). The Balaban J connectivity index is 2.05. The third-order valence-electron chi connectivity index (χ3n) is 4.18. The molecule has 0 aromatic rings. The van der Waals surface area contributed by atoms with E-state index >= 15 is 0 Å². The number of nitrogens with zero attached hydrogens (tertiary/aromatic N) is 2. The molecule has 21 heavy (non-hydrogen) atoms. The molecule has 120 valence electrons. The number of carboxylic acids is 1. The summed E-state index contributed by atoms with van der Waals surface area (Å²) in [6.45, 7) is 0.882. The van der Waals surface area contributed by atoms with Gasteiger partial charge in [0.2, 0.25) is 10.0 Å². The number of methoxy groups -OCH3 is 1. The van der Waals surface area contributed by atoms with Gasteiger partial charge in [-0.25, -0.2) is 13.2 Å². The maximum atomic E-state index is 12.6. The molecule has 0 aromatic carbocycles. The molecule has 9 heteroatoms. The lowest BCUT2D eigenvalue weighted by Gasteiger charge is -2.35. The average Bonchev–Trinajstić information content (AvgIpc) is 2.97. The fourth-order valence-electron chi connectivity index (χ4n) is 3.01. The molecule has 1 N–H and O–H groups in total. The molecule has 1 saturated carbocycles. The third kappa shape index (κ3) is 3.13. The van der Waals surface area contributed by atoms with Crippen molar-refractivity contribution in [1.29, 1.82) is 0 Å². The second kappa shape index (κ2) is 6.18. The van der Waals surface area contributed by atoms with Gasteiger partial charge < -0.3 is 14.7 Å². The topological polar surface area (TPSA) is 104 Å². The molecule has 2 atom stereocenters. The van der Waals surface area contributed by atoms with E-state index in [9.17, 15) is 18.0 Å². The van der Waals surface area contributed by atoms with Crippen molar-refractivity contribution < 1.29 is 27.9 Å². The largest absolute Gasteiger partial charge is 0.481 e. The summed E-state index contributed by atoms with van der Waals surface area (Å²) in [5.74, 6) is -1.87. The summed E-state index contributed by atoms with van der Waals surface area (Å²) in [7, 11) is -2.36. The minimum absolute atomic E-state index is 0.181. The van der Waals surface area contributed by atoms with E-state index in [0.717, 1.165) is 0 Å². The van der Waals surface area contributed by atoms with Crippen molar-refractivity contribution in [2.24, 2.45) is 5.92 Å². The van der Waals surface area contributed by atoms with Crippen molar-refractivity contribution in [2.75, 3.05) is 33.3 Å². The highest BCUT2D eigenvalue weighted by Crippen LogP contribution is 2.33. The first-order chi connectivity index (χ1) is 9.87. The first-order valence-electron chi connectivity index (χ1n) is 6.92. The molecular weight excluding hydrogens is 300 g/mol. The highest BCUT2D eigenvalue weighted by molar-refractivity contribution is 7.89. The molecule has 1 amide bonds. The Kier molecular flexibility index (Phi) is 4.72. The van der Waals surface area contributed by atoms with E-state index < -0.39 is 33.3 Å². The summed E-state index contributed by atoms with van der Waals surface area (Å²) in [5, 5.41) is 8.29. The highest BCUT2D eigenvalue weighted by Gasteiger charge is 2.45. The zero-order chi connectivity index (χ0) is 15.6. The van der Waals surface area contributed by atoms with Crippen LogP contribution in [-0.4, -0.2) is 73.3 Å². The fourth-order valence-corrected chi connectivity index (χ4v) is 5.20. The molecule has 1 aliphatic heterocycles. The number of carbonyl (C=O) groups is 2. The molecular formula is C12H20N2O6S. The molecule has 1 aliphatic carbocycles. The molecule has 0 aromatic heterocycles. The van der Waals surface area contributed by atoms with Gasteiger partial charge in [-0.2, -0.15) is 4.31 Å². The Bertz CT molecular complexity index is 512. The van der Waals surface area contributed by atoms with Crippen molar-refractivity contribution in [3.05, 3.63) is 0 Å². The van der Waals surface area contributed by atoms with Crippen molar-refractivity contribution in [3.8, 4) is 0 Å². The summed E-state index contributed by atoms with van der Waals surface area (Å²) >= 11 is 0. The Morgan fingerprint density at radius 3 is 2.29 bits per heavy atom. The van der Waals surface area contributed by atoms with Crippen LogP contribution in [0.1, 0.15) is 19.3 Å². The first-order valence-corrected chi connectivity index (χ1v) is 8.43. The highest BCUT2D eigenvalue weighted by atomic mass is 32.2. The Hall–Kier alpha value is -1.35. The normalized spacial score (nSPS) is 27.6. The molecule has 2 unspecified atom stereocenters. The Morgan fingerprint density at radius 1 is 1.14 bits per heavy atom. The lowest BCUT2D eigenvalue weighted by Crippen LogP contribution is -2.53. The molecule has 2 aliphatic rings. The quantitative estimate of drug-likeness (QED) is 0.782. The van der Waals surface area contributed by atoms with Crippen molar-refractivity contribution >= 4 is 22.1 Å². The van der Waals surface area contributed by atoms with E-state index in [0.29, 0.717) is 19.3 Å². The second-order valence-corrected chi connectivity index (χ2v) is 7.47. The molecule has 1 saturated heterocycles. The number of sulfonamides is 1. The summed E-state index contributed by atoms with van der Waals surface area (Å²) in [5.41, 5.74) is 0. The van der Waals surface area contributed by atoms with Gasteiger partial charge in [0, 0.05) is 26.2 Å². The van der Waals surface area contributed by atoms with Gasteiger partial charge in [0.05, 0.1) is 18.3 Å². The van der Waals surface area contributed by atoms with Crippen molar-refractivity contribution in [2.45, 2.75) is 24.5 Å². The third-order valence-corrected chi connectivity index (χ3v) is 6.60. The van der Waals surface area contributed by atoms with Gasteiger partial charge in [-0.1, -0.05) is 6.42 Å². The number of rotatable bonds is 3. The monoisotopic (exact) mass is 320 g/mol. The summed E-state index contributed by atoms with van der Waals surface area (Å²) in [6, 6.07) is 0. The average molecular weight is 320 g/mol. The van der Waals surface area contributed by atoms with Crippen LogP contribution in [0.25, 0.3) is 0 Å². The predicted octanol–water partition coefficient (Wildman–Crippen LogP) is -0.0465. The Labute approximate surface area is 123 Å². The number of ether oxygens (including phenoxy) is 1. The van der Waals surface area contributed by atoms with Crippen molar-refractivity contribution in [1.82, 2.24) is 9.21 Å². The molecule has 0 bridgehead atoms. The first kappa shape index (κ1) is 16.0. The number of amides is 1. The molecule has 8 nitrogen and oxygen atoms in total. The summed E-state index contributed by atoms with van der Waals surface area (Å²) in [4.78, 5) is 24.0. The standard InChI is InChI=1S/C12H20N2O6S/c1-20-12(17)13-5-7-14(8-6-13)21(18,19)10-4-2-3-9(10)11(15)16/h9-10H,2-8H2,1H3,(H,15,16). The zero-order valence-corrected chi connectivity index (χ0v) is 12.7. The number of carboxylic acid groups (broad SMARTS) is 1.